The summed E-state index contributed by atoms with van der Waals surface area (Å²) in [6.45, 7) is 4.13. The van der Waals surface area contributed by atoms with Crippen LogP contribution in [0.2, 0.25) is 0 Å². The summed E-state index contributed by atoms with van der Waals surface area (Å²) >= 11 is 0. The molecule has 0 saturated carbocycles. The highest BCUT2D eigenvalue weighted by molar-refractivity contribution is 5.86. The number of aliphatic carboxylic acids is 8. The van der Waals surface area contributed by atoms with Crippen molar-refractivity contribution in [3.63, 3.8) is 0 Å². The van der Waals surface area contributed by atoms with Crippen molar-refractivity contribution in [2.24, 2.45) is 0 Å². The van der Waals surface area contributed by atoms with Gasteiger partial charge in [0.15, 0.2) is 32.2 Å². The van der Waals surface area contributed by atoms with E-state index in [0.717, 1.165) is 82.1 Å². The Bertz CT molecular complexity index is 2890. The third kappa shape index (κ3) is 16.1. The van der Waals surface area contributed by atoms with Gasteiger partial charge in [-0.1, -0.05) is 62.8 Å². The van der Waals surface area contributed by atoms with Crippen molar-refractivity contribution < 1.29 is 107 Å². The number of rotatable bonds is 39. The lowest BCUT2D eigenvalue weighted by Gasteiger charge is -2.50. The van der Waals surface area contributed by atoms with E-state index in [1.807, 2.05) is 24.3 Å². The van der Waals surface area contributed by atoms with Crippen LogP contribution >= 0.6 is 0 Å². The molecule has 31 nitrogen and oxygen atoms in total. The number of unbranched alkanes of at least 4 members (excludes halogenated alkanes) is 8. The number of carboxylic acid groups (broad SMARTS) is 8. The molecule has 0 aliphatic carbocycles. The van der Waals surface area contributed by atoms with E-state index in [2.05, 4.69) is 25.8 Å². The van der Waals surface area contributed by atoms with Gasteiger partial charge in [0, 0.05) is 65.5 Å². The Morgan fingerprint density at radius 1 is 0.573 bits per heavy atom. The molecule has 7 rings (SSSR count). The molecule has 8 atom stereocenters. The summed E-state index contributed by atoms with van der Waals surface area (Å²) in [5.74, 6) is -9.90. The summed E-state index contributed by atoms with van der Waals surface area (Å²) < 4.78 is -0.363. The molecule has 5 aliphatic rings. The molecular formula is C58H89N13O18+4. The van der Waals surface area contributed by atoms with Crippen molar-refractivity contribution in [3.8, 4) is 0 Å². The van der Waals surface area contributed by atoms with Crippen LogP contribution < -0.4 is 25.8 Å². The summed E-state index contributed by atoms with van der Waals surface area (Å²) in [5, 5.41) is 86.3. The Hall–Kier alpha value is -7.87. The first-order valence-corrected chi connectivity index (χ1v) is 30.8. The second kappa shape index (κ2) is 30.1. The zero-order valence-electron chi connectivity index (χ0n) is 50.7. The van der Waals surface area contributed by atoms with Gasteiger partial charge in [-0.3, -0.25) is 19.3 Å². The normalized spacial score (nSPS) is 24.9. The Balaban J connectivity index is 0.846. The van der Waals surface area contributed by atoms with Crippen LogP contribution in [0.1, 0.15) is 107 Å². The van der Waals surface area contributed by atoms with Gasteiger partial charge < -0.3 is 66.6 Å². The topological polar surface area (TPSA) is 417 Å². The summed E-state index contributed by atoms with van der Waals surface area (Å²) in [6.07, 6.45) is 9.01. The van der Waals surface area contributed by atoms with Crippen molar-refractivity contribution >= 4 is 71.6 Å². The number of benzene rings is 1. The smallest absolute Gasteiger partial charge is 0.481 e. The van der Waals surface area contributed by atoms with Crippen molar-refractivity contribution in [1.82, 2.24) is 35.8 Å². The maximum Gasteiger partial charge on any atom is 0.483 e. The highest BCUT2D eigenvalue weighted by atomic mass is 16.4. The number of anilines is 2. The lowest BCUT2D eigenvalue weighted by molar-refractivity contribution is -1.36. The van der Waals surface area contributed by atoms with Crippen LogP contribution in [0.5, 0.6) is 0 Å². The van der Waals surface area contributed by atoms with Crippen LogP contribution in [0.15, 0.2) is 24.3 Å². The van der Waals surface area contributed by atoms with E-state index in [1.165, 1.54) is 4.90 Å². The molecule has 6 heterocycles. The van der Waals surface area contributed by atoms with Gasteiger partial charge in [-0.15, -0.1) is 17.9 Å². The van der Waals surface area contributed by atoms with Crippen LogP contribution in [-0.4, -0.2) is 287 Å². The maximum absolute atomic E-state index is 13.1. The molecule has 5 aliphatic heterocycles. The SMILES string of the molecule is CN(CC(=O)O)c1nc(Cc2ccc(CC3C[N@@+]4(CC(=O)O)CC[N+]5(CC(=O)O)CC[N+]6(CC(=O)O)CC[N+]3(CC(=O)O)[C@@]654)cc2)nc(N2CCN(CCCCCCCCCCC(=O)NCCCC[C@H](NC(=O)N[C@@H](CCC(=O)O)C(=O)O)C(=O)O)CC2)n1. The monoisotopic (exact) mass is 1260 g/mol. The van der Waals surface area contributed by atoms with Crippen LogP contribution in [0.4, 0.5) is 16.7 Å². The fraction of sp³-hybridized carbons (Fsp3) is 0.672. The number of carboxylic acids is 8. The highest BCUT2D eigenvalue weighted by Crippen LogP contribution is 2.64. The summed E-state index contributed by atoms with van der Waals surface area (Å²) in [5.41, 5.74) is 1.68. The van der Waals surface area contributed by atoms with E-state index < -0.39 is 97.3 Å². The van der Waals surface area contributed by atoms with Gasteiger partial charge in [-0.25, -0.2) is 33.6 Å². The molecule has 89 heavy (non-hydrogen) atoms. The van der Waals surface area contributed by atoms with Gasteiger partial charge in [0.1, 0.15) is 70.3 Å². The minimum atomic E-state index is -1.50. The quantitative estimate of drug-likeness (QED) is 0.0314. The van der Waals surface area contributed by atoms with E-state index in [1.54, 1.807) is 7.05 Å². The van der Waals surface area contributed by atoms with Crippen molar-refractivity contribution in [1.29, 1.82) is 0 Å². The molecule has 5 fully saturated rings. The second-order valence-corrected chi connectivity index (χ2v) is 24.8. The van der Waals surface area contributed by atoms with Crippen molar-refractivity contribution in [2.75, 3.05) is 135 Å². The number of nitrogens with one attached hydrogen (secondary N) is 3. The van der Waals surface area contributed by atoms with Gasteiger partial charge in [0.05, 0.1) is 0 Å². The number of likely N-dealkylation sites (N-methyl/N-ethyl adjacent to an activating group) is 1. The van der Waals surface area contributed by atoms with Gasteiger partial charge in [0.2, 0.25) is 17.8 Å². The first kappa shape index (κ1) is 68.6. The van der Waals surface area contributed by atoms with Gasteiger partial charge in [0.25, 0.3) is 0 Å². The van der Waals surface area contributed by atoms with E-state index >= 15 is 0 Å². The molecule has 2 aromatic rings. The minimum Gasteiger partial charge on any atom is -0.481 e. The lowest BCUT2D eigenvalue weighted by Crippen LogP contribution is -2.86. The van der Waals surface area contributed by atoms with E-state index in [9.17, 15) is 83.7 Å². The Labute approximate surface area is 515 Å². The molecule has 5 saturated heterocycles. The number of urea groups is 1. The number of hydrogen-bond acceptors (Lipinski definition) is 16. The summed E-state index contributed by atoms with van der Waals surface area (Å²) in [7, 11) is 1.61. The summed E-state index contributed by atoms with van der Waals surface area (Å²) in [4.78, 5) is 142. The van der Waals surface area contributed by atoms with Crippen LogP contribution in [0.3, 0.4) is 0 Å². The number of carbonyl (C=O) groups excluding carboxylic acids is 2. The fourth-order valence-corrected chi connectivity index (χ4v) is 15.5. The number of nitrogens with zero attached hydrogens (tertiary/aromatic N) is 10. The zero-order chi connectivity index (χ0) is 64.7. The van der Waals surface area contributed by atoms with Crippen LogP contribution in [0, 0.1) is 0 Å². The molecule has 31 heteroatoms. The Morgan fingerprint density at radius 2 is 1.10 bits per heavy atom. The number of quaternary nitrogens is 4. The molecule has 0 radical (unpaired) electrons. The molecule has 4 unspecified atom stereocenters. The molecule has 1 spiro atoms. The second-order valence-electron chi connectivity index (χ2n) is 24.8. The molecule has 1 aromatic heterocycles. The van der Waals surface area contributed by atoms with E-state index in [-0.39, 0.29) is 94.9 Å². The standard InChI is InChI=1S/C58H85N13O18/c1-65(34-48(75)76)55-62-45(33-41-16-14-40(15-17-41)32-42-35-70(38-51(81)82)29-28-68(36-49(77)78)26-27-69(37-50(79)80)30-31-71(42,39-52(83)84)58(68,69)70)63-56(64-55)67-24-22-66(23-25-67)21-11-7-5-3-2-4-6-8-13-46(72)59-20-10-9-12-43(53(85)86)60-57(89)61-44(54(87)88)18-19-47(73)74/h14-17,42-44H,2-13,18-39H2,1H3,(H7-4,59,60,61,72,73,74,75,76,77,78,79,80,81,82,83,84,85,86,87,88,89)/p+4/t42?,43-,44-,58+,68?,69?,70+,71?/m0/s1. The number of piperazine rings is 1. The number of hydrogen-bond donors (Lipinski definition) is 11. The Kier molecular flexibility index (Phi) is 23.2. The predicted molar refractivity (Wildman–Crippen MR) is 314 cm³/mol. The molecule has 0 bridgehead atoms. The molecule has 3 amide bonds. The van der Waals surface area contributed by atoms with Crippen LogP contribution in [0.25, 0.3) is 0 Å². The minimum absolute atomic E-state index is 0.0385. The molecular weight excluding hydrogens is 1170 g/mol. The maximum atomic E-state index is 13.1. The van der Waals surface area contributed by atoms with Gasteiger partial charge in [-0.05, 0) is 56.2 Å². The van der Waals surface area contributed by atoms with Gasteiger partial charge >= 0.3 is 59.7 Å². The zero-order valence-corrected chi connectivity index (χ0v) is 50.7. The van der Waals surface area contributed by atoms with Crippen LogP contribution in [-0.2, 0) is 56.0 Å². The third-order valence-corrected chi connectivity index (χ3v) is 18.9. The lowest BCUT2D eigenvalue weighted by atomic mass is 10.0. The average Bonchev–Trinajstić information content (AvgIpc) is 1.44. The van der Waals surface area contributed by atoms with E-state index in [4.69, 9.17) is 20.1 Å². The third-order valence-electron chi connectivity index (χ3n) is 18.9. The largest absolute Gasteiger partial charge is 0.483 e. The van der Waals surface area contributed by atoms with E-state index in [0.29, 0.717) is 76.7 Å². The first-order chi connectivity index (χ1) is 42.3. The number of aromatic nitrogens is 3. The number of carbonyl (C=O) groups is 10. The average molecular weight is 1260 g/mol. The number of amides is 3. The molecule has 1 aromatic carbocycles. The van der Waals surface area contributed by atoms with Gasteiger partial charge in [-0.2, -0.15) is 15.0 Å². The molecule has 490 valence electrons. The fourth-order valence-electron chi connectivity index (χ4n) is 15.5. The van der Waals surface area contributed by atoms with Crippen molar-refractivity contribution in [2.45, 2.75) is 127 Å². The molecule has 11 N–H and O–H groups in total. The predicted octanol–water partition coefficient (Wildman–Crippen LogP) is 0.155. The Morgan fingerprint density at radius 3 is 1.66 bits per heavy atom. The van der Waals surface area contributed by atoms with Crippen molar-refractivity contribution in [3.05, 3.63) is 41.2 Å². The summed E-state index contributed by atoms with van der Waals surface area (Å²) in [6, 6.07) is 3.38. The highest BCUT2D eigenvalue weighted by Gasteiger charge is 3.01. The first-order valence-electron chi connectivity index (χ1n) is 30.8.